The molecule has 3 heteroatoms. The Morgan fingerprint density at radius 3 is 2.56 bits per heavy atom. The van der Waals surface area contributed by atoms with E-state index >= 15 is 0 Å². The number of nitrogens with two attached hydrogens (primary N) is 1. The standard InChI is InChI=1S/C13H19N3/c1-11(16-9-3-2-8-14)13-6-4-12(10-15)5-7-13/h4-7,11,16H,2-3,8-9,14H2,1H3. The average molecular weight is 217 g/mol. The van der Waals surface area contributed by atoms with E-state index in [0.29, 0.717) is 11.6 Å². The zero-order chi connectivity index (χ0) is 11.8. The van der Waals surface area contributed by atoms with Crippen molar-refractivity contribution in [2.24, 2.45) is 5.73 Å². The first kappa shape index (κ1) is 12.7. The molecule has 86 valence electrons. The summed E-state index contributed by atoms with van der Waals surface area (Å²) in [5.74, 6) is 0. The van der Waals surface area contributed by atoms with Crippen molar-refractivity contribution in [3.8, 4) is 6.07 Å². The Hall–Kier alpha value is -1.37. The molecule has 1 atom stereocenters. The second-order valence-corrected chi connectivity index (χ2v) is 3.91. The predicted octanol–water partition coefficient (Wildman–Crippen LogP) is 1.95. The highest BCUT2D eigenvalue weighted by Gasteiger charge is 2.03. The summed E-state index contributed by atoms with van der Waals surface area (Å²) in [4.78, 5) is 0. The van der Waals surface area contributed by atoms with Crippen LogP contribution in [0.1, 0.15) is 36.9 Å². The van der Waals surface area contributed by atoms with Crippen LogP contribution in [0, 0.1) is 11.3 Å². The maximum Gasteiger partial charge on any atom is 0.0991 e. The zero-order valence-electron chi connectivity index (χ0n) is 9.74. The Morgan fingerprint density at radius 2 is 2.00 bits per heavy atom. The van der Waals surface area contributed by atoms with E-state index in [1.165, 1.54) is 5.56 Å². The lowest BCUT2D eigenvalue weighted by Gasteiger charge is -2.13. The number of rotatable bonds is 6. The van der Waals surface area contributed by atoms with Crippen LogP contribution in [0.15, 0.2) is 24.3 Å². The molecule has 0 spiro atoms. The highest BCUT2D eigenvalue weighted by molar-refractivity contribution is 5.32. The molecule has 0 aliphatic carbocycles. The smallest absolute Gasteiger partial charge is 0.0991 e. The highest BCUT2D eigenvalue weighted by Crippen LogP contribution is 2.12. The minimum absolute atomic E-state index is 0.325. The summed E-state index contributed by atoms with van der Waals surface area (Å²) >= 11 is 0. The molecule has 0 aliphatic heterocycles. The zero-order valence-corrected chi connectivity index (χ0v) is 9.74. The molecule has 0 radical (unpaired) electrons. The van der Waals surface area contributed by atoms with Crippen LogP contribution in [-0.2, 0) is 0 Å². The molecular weight excluding hydrogens is 198 g/mol. The van der Waals surface area contributed by atoms with Crippen molar-refractivity contribution in [1.82, 2.24) is 5.32 Å². The normalized spacial score (nSPS) is 12.1. The molecule has 1 unspecified atom stereocenters. The lowest BCUT2D eigenvalue weighted by Crippen LogP contribution is -2.20. The maximum absolute atomic E-state index is 8.69. The molecule has 0 fully saturated rings. The largest absolute Gasteiger partial charge is 0.330 e. The molecule has 0 heterocycles. The van der Waals surface area contributed by atoms with Crippen molar-refractivity contribution >= 4 is 0 Å². The van der Waals surface area contributed by atoms with E-state index in [2.05, 4.69) is 18.3 Å². The van der Waals surface area contributed by atoms with Crippen molar-refractivity contribution in [1.29, 1.82) is 5.26 Å². The minimum Gasteiger partial charge on any atom is -0.330 e. The van der Waals surface area contributed by atoms with Crippen LogP contribution < -0.4 is 11.1 Å². The van der Waals surface area contributed by atoms with Gasteiger partial charge in [-0.1, -0.05) is 12.1 Å². The molecule has 0 saturated heterocycles. The van der Waals surface area contributed by atoms with Crippen LogP contribution in [0.3, 0.4) is 0 Å². The van der Waals surface area contributed by atoms with E-state index in [9.17, 15) is 0 Å². The van der Waals surface area contributed by atoms with Crippen LogP contribution in [0.4, 0.5) is 0 Å². The van der Waals surface area contributed by atoms with Gasteiger partial charge in [-0.25, -0.2) is 0 Å². The number of benzene rings is 1. The lowest BCUT2D eigenvalue weighted by molar-refractivity contribution is 0.549. The third-order valence-corrected chi connectivity index (χ3v) is 2.62. The molecule has 1 aromatic carbocycles. The van der Waals surface area contributed by atoms with E-state index in [-0.39, 0.29) is 0 Å². The highest BCUT2D eigenvalue weighted by atomic mass is 14.9. The first-order chi connectivity index (χ1) is 7.77. The molecule has 1 rings (SSSR count). The van der Waals surface area contributed by atoms with Gasteiger partial charge in [-0.3, -0.25) is 0 Å². The van der Waals surface area contributed by atoms with Gasteiger partial charge in [-0.05, 0) is 50.6 Å². The molecular formula is C13H19N3. The summed E-state index contributed by atoms with van der Waals surface area (Å²) in [5.41, 5.74) is 7.35. The Bertz CT molecular complexity index is 337. The number of unbranched alkanes of at least 4 members (excludes halogenated alkanes) is 1. The third kappa shape index (κ3) is 4.01. The van der Waals surface area contributed by atoms with Gasteiger partial charge in [-0.15, -0.1) is 0 Å². The summed E-state index contributed by atoms with van der Waals surface area (Å²) in [6.07, 6.45) is 2.17. The van der Waals surface area contributed by atoms with E-state index in [1.54, 1.807) is 0 Å². The van der Waals surface area contributed by atoms with Gasteiger partial charge in [0, 0.05) is 6.04 Å². The van der Waals surface area contributed by atoms with Gasteiger partial charge in [0.05, 0.1) is 11.6 Å². The molecule has 0 aliphatic rings. The van der Waals surface area contributed by atoms with Gasteiger partial charge in [0.25, 0.3) is 0 Å². The van der Waals surface area contributed by atoms with Crippen LogP contribution in [0.5, 0.6) is 0 Å². The molecule has 0 saturated carbocycles. The second kappa shape index (κ2) is 7.00. The first-order valence-corrected chi connectivity index (χ1v) is 5.71. The van der Waals surface area contributed by atoms with Gasteiger partial charge < -0.3 is 11.1 Å². The molecule has 0 amide bonds. The summed E-state index contributed by atoms with van der Waals surface area (Å²) in [6, 6.07) is 10.2. The Labute approximate surface area is 97.3 Å². The molecule has 16 heavy (non-hydrogen) atoms. The molecule has 0 aromatic heterocycles. The van der Waals surface area contributed by atoms with Gasteiger partial charge in [-0.2, -0.15) is 5.26 Å². The summed E-state index contributed by atoms with van der Waals surface area (Å²) in [6.45, 7) is 3.87. The second-order valence-electron chi connectivity index (χ2n) is 3.91. The fourth-order valence-electron chi connectivity index (χ4n) is 1.55. The third-order valence-electron chi connectivity index (χ3n) is 2.62. The minimum atomic E-state index is 0.325. The fourth-order valence-corrected chi connectivity index (χ4v) is 1.55. The van der Waals surface area contributed by atoms with Crippen molar-refractivity contribution in [3.05, 3.63) is 35.4 Å². The Kier molecular flexibility index (Phi) is 5.55. The van der Waals surface area contributed by atoms with Gasteiger partial charge >= 0.3 is 0 Å². The number of nitriles is 1. The van der Waals surface area contributed by atoms with E-state index < -0.39 is 0 Å². The van der Waals surface area contributed by atoms with Crippen LogP contribution in [0.2, 0.25) is 0 Å². The number of nitrogens with zero attached hydrogens (tertiary/aromatic N) is 1. The SMILES string of the molecule is CC(NCCCCN)c1ccc(C#N)cc1. The lowest BCUT2D eigenvalue weighted by atomic mass is 10.1. The molecule has 3 nitrogen and oxygen atoms in total. The number of nitrogens with one attached hydrogen (secondary N) is 1. The quantitative estimate of drug-likeness (QED) is 0.716. The topological polar surface area (TPSA) is 61.8 Å². The number of hydrogen-bond acceptors (Lipinski definition) is 3. The summed E-state index contributed by atoms with van der Waals surface area (Å²) in [5, 5.41) is 12.1. The average Bonchev–Trinajstić information content (AvgIpc) is 2.34. The molecule has 0 bridgehead atoms. The van der Waals surface area contributed by atoms with Crippen molar-refractivity contribution < 1.29 is 0 Å². The van der Waals surface area contributed by atoms with E-state index in [4.69, 9.17) is 11.0 Å². The van der Waals surface area contributed by atoms with Crippen molar-refractivity contribution in [2.45, 2.75) is 25.8 Å². The van der Waals surface area contributed by atoms with Crippen LogP contribution in [0.25, 0.3) is 0 Å². The van der Waals surface area contributed by atoms with Crippen molar-refractivity contribution in [3.63, 3.8) is 0 Å². The van der Waals surface area contributed by atoms with E-state index in [1.807, 2.05) is 24.3 Å². The Morgan fingerprint density at radius 1 is 1.31 bits per heavy atom. The van der Waals surface area contributed by atoms with Crippen LogP contribution >= 0.6 is 0 Å². The maximum atomic E-state index is 8.69. The Balaban J connectivity index is 2.40. The van der Waals surface area contributed by atoms with Crippen molar-refractivity contribution in [2.75, 3.05) is 13.1 Å². The molecule has 1 aromatic rings. The molecule has 3 N–H and O–H groups in total. The van der Waals surface area contributed by atoms with E-state index in [0.717, 1.165) is 25.9 Å². The van der Waals surface area contributed by atoms with Gasteiger partial charge in [0.2, 0.25) is 0 Å². The monoisotopic (exact) mass is 217 g/mol. The fraction of sp³-hybridized carbons (Fsp3) is 0.462. The van der Waals surface area contributed by atoms with Gasteiger partial charge in [0.1, 0.15) is 0 Å². The predicted molar refractivity (Wildman–Crippen MR) is 65.9 cm³/mol. The number of hydrogen-bond donors (Lipinski definition) is 2. The van der Waals surface area contributed by atoms with Crippen LogP contribution in [-0.4, -0.2) is 13.1 Å². The van der Waals surface area contributed by atoms with Gasteiger partial charge in [0.15, 0.2) is 0 Å². The summed E-state index contributed by atoms with van der Waals surface area (Å²) < 4.78 is 0. The first-order valence-electron chi connectivity index (χ1n) is 5.71. The summed E-state index contributed by atoms with van der Waals surface area (Å²) in [7, 11) is 0.